The van der Waals surface area contributed by atoms with E-state index in [1.54, 1.807) is 4.90 Å². The SMILES string of the molecule is O=C(NC1CCCCC1)C1c2cc3c(cc2CCN1C(=O)OCc1ccccc1)OCO3. The lowest BCUT2D eigenvalue weighted by Crippen LogP contribution is -2.49. The molecule has 1 aliphatic carbocycles. The predicted octanol–water partition coefficient (Wildman–Crippen LogP) is 4.10. The minimum absolute atomic E-state index is 0.151. The molecular formula is C25H28N2O5. The molecule has 1 saturated carbocycles. The highest BCUT2D eigenvalue weighted by Gasteiger charge is 2.39. The number of amides is 2. The molecule has 1 N–H and O–H groups in total. The molecule has 2 amide bonds. The number of carbonyl (C=O) groups excluding carboxylic acids is 2. The Labute approximate surface area is 187 Å². The first-order valence-corrected chi connectivity index (χ1v) is 11.4. The van der Waals surface area contributed by atoms with E-state index < -0.39 is 12.1 Å². The van der Waals surface area contributed by atoms with Crippen LogP contribution >= 0.6 is 0 Å². The molecule has 32 heavy (non-hydrogen) atoms. The van der Waals surface area contributed by atoms with Crippen LogP contribution in [0.3, 0.4) is 0 Å². The summed E-state index contributed by atoms with van der Waals surface area (Å²) in [5.41, 5.74) is 2.69. The first kappa shape index (κ1) is 20.7. The predicted molar refractivity (Wildman–Crippen MR) is 117 cm³/mol. The molecule has 7 nitrogen and oxygen atoms in total. The largest absolute Gasteiger partial charge is 0.454 e. The Morgan fingerprint density at radius 2 is 1.78 bits per heavy atom. The summed E-state index contributed by atoms with van der Waals surface area (Å²) in [5, 5.41) is 3.20. The summed E-state index contributed by atoms with van der Waals surface area (Å²) >= 11 is 0. The van der Waals surface area contributed by atoms with E-state index in [2.05, 4.69) is 5.32 Å². The van der Waals surface area contributed by atoms with Crippen LogP contribution in [0.25, 0.3) is 0 Å². The second-order valence-electron chi connectivity index (χ2n) is 8.63. The van der Waals surface area contributed by atoms with Gasteiger partial charge in [-0.15, -0.1) is 0 Å². The van der Waals surface area contributed by atoms with Gasteiger partial charge in [0.05, 0.1) is 0 Å². The first-order chi connectivity index (χ1) is 15.7. The molecule has 2 aromatic rings. The third kappa shape index (κ3) is 4.24. The molecule has 0 spiro atoms. The molecule has 3 aliphatic rings. The summed E-state index contributed by atoms with van der Waals surface area (Å²) < 4.78 is 16.7. The maximum absolute atomic E-state index is 13.5. The molecule has 168 valence electrons. The second-order valence-corrected chi connectivity index (χ2v) is 8.63. The van der Waals surface area contributed by atoms with Crippen molar-refractivity contribution >= 4 is 12.0 Å². The maximum atomic E-state index is 13.5. The van der Waals surface area contributed by atoms with Crippen LogP contribution in [0.4, 0.5) is 4.79 Å². The van der Waals surface area contributed by atoms with Crippen molar-refractivity contribution < 1.29 is 23.8 Å². The van der Waals surface area contributed by atoms with Gasteiger partial charge in [-0.05, 0) is 48.1 Å². The Balaban J connectivity index is 1.39. The smallest absolute Gasteiger partial charge is 0.411 e. The monoisotopic (exact) mass is 436 g/mol. The van der Waals surface area contributed by atoms with Crippen molar-refractivity contribution in [2.75, 3.05) is 13.3 Å². The fraction of sp³-hybridized carbons (Fsp3) is 0.440. The van der Waals surface area contributed by atoms with Crippen LogP contribution < -0.4 is 14.8 Å². The van der Waals surface area contributed by atoms with E-state index in [4.69, 9.17) is 14.2 Å². The van der Waals surface area contributed by atoms with Crippen molar-refractivity contribution in [1.82, 2.24) is 10.2 Å². The Morgan fingerprint density at radius 1 is 1.03 bits per heavy atom. The van der Waals surface area contributed by atoms with Gasteiger partial charge in [0.25, 0.3) is 0 Å². The molecule has 0 bridgehead atoms. The number of hydrogen-bond acceptors (Lipinski definition) is 5. The lowest BCUT2D eigenvalue weighted by atomic mass is 9.90. The van der Waals surface area contributed by atoms with Gasteiger partial charge in [-0.3, -0.25) is 9.69 Å². The van der Waals surface area contributed by atoms with Crippen molar-refractivity contribution in [3.63, 3.8) is 0 Å². The average molecular weight is 437 g/mol. The summed E-state index contributed by atoms with van der Waals surface area (Å²) in [5.74, 6) is 1.14. The number of rotatable bonds is 4. The van der Waals surface area contributed by atoms with E-state index in [1.165, 1.54) is 6.42 Å². The lowest BCUT2D eigenvalue weighted by Gasteiger charge is -2.37. The molecule has 0 radical (unpaired) electrons. The lowest BCUT2D eigenvalue weighted by molar-refractivity contribution is -0.127. The standard InChI is InChI=1S/C25H28N2O5/c28-24(26-19-9-5-2-6-10-19)23-20-14-22-21(31-16-32-22)13-18(20)11-12-27(23)25(29)30-15-17-7-3-1-4-8-17/h1,3-4,7-8,13-14,19,23H,2,5-6,9-12,15-16H2,(H,26,28). The van der Waals surface area contributed by atoms with Gasteiger partial charge < -0.3 is 19.5 Å². The normalized spacial score (nSPS) is 19.9. The number of nitrogens with one attached hydrogen (secondary N) is 1. The topological polar surface area (TPSA) is 77.1 Å². The zero-order valence-electron chi connectivity index (χ0n) is 18.0. The molecule has 2 aromatic carbocycles. The average Bonchev–Trinajstić information content (AvgIpc) is 3.29. The third-order valence-corrected chi connectivity index (χ3v) is 6.50. The van der Waals surface area contributed by atoms with Crippen LogP contribution in [0.1, 0.15) is 54.8 Å². The van der Waals surface area contributed by atoms with Crippen LogP contribution in [0, 0.1) is 0 Å². The molecule has 0 saturated heterocycles. The summed E-state index contributed by atoms with van der Waals surface area (Å²) in [6, 6.07) is 12.7. The number of nitrogens with zero attached hydrogens (tertiary/aromatic N) is 1. The molecule has 1 atom stereocenters. The quantitative estimate of drug-likeness (QED) is 0.781. The number of ether oxygens (including phenoxy) is 3. The minimum atomic E-state index is -0.751. The maximum Gasteiger partial charge on any atom is 0.411 e. The van der Waals surface area contributed by atoms with Crippen molar-refractivity contribution in [3.8, 4) is 11.5 Å². The minimum Gasteiger partial charge on any atom is -0.454 e. The number of hydrogen-bond donors (Lipinski definition) is 1. The zero-order chi connectivity index (χ0) is 21.9. The van der Waals surface area contributed by atoms with E-state index >= 15 is 0 Å². The Morgan fingerprint density at radius 3 is 2.56 bits per heavy atom. The summed E-state index contributed by atoms with van der Waals surface area (Å²) in [6.45, 7) is 0.740. The molecule has 2 aliphatic heterocycles. The van der Waals surface area contributed by atoms with Gasteiger partial charge in [0.1, 0.15) is 12.6 Å². The van der Waals surface area contributed by atoms with Crippen LogP contribution in [0.15, 0.2) is 42.5 Å². The number of fused-ring (bicyclic) bond motifs is 2. The second kappa shape index (κ2) is 9.10. The van der Waals surface area contributed by atoms with Gasteiger partial charge in [0.2, 0.25) is 12.7 Å². The van der Waals surface area contributed by atoms with Crippen LogP contribution in [0.2, 0.25) is 0 Å². The summed E-state index contributed by atoms with van der Waals surface area (Å²) in [4.78, 5) is 28.1. The molecule has 0 aromatic heterocycles. The molecule has 7 heteroatoms. The molecule has 1 unspecified atom stereocenters. The van der Waals surface area contributed by atoms with Crippen LogP contribution in [-0.2, 0) is 22.6 Å². The van der Waals surface area contributed by atoms with E-state index in [1.807, 2.05) is 42.5 Å². The van der Waals surface area contributed by atoms with Gasteiger partial charge in [-0.25, -0.2) is 4.79 Å². The third-order valence-electron chi connectivity index (χ3n) is 6.50. The van der Waals surface area contributed by atoms with Crippen LogP contribution in [-0.4, -0.2) is 36.3 Å². The fourth-order valence-corrected chi connectivity index (χ4v) is 4.82. The first-order valence-electron chi connectivity index (χ1n) is 11.4. The molecule has 5 rings (SSSR count). The van der Waals surface area contributed by atoms with Crippen LogP contribution in [0.5, 0.6) is 11.5 Å². The van der Waals surface area contributed by atoms with E-state index in [0.717, 1.165) is 42.4 Å². The highest BCUT2D eigenvalue weighted by molar-refractivity contribution is 5.88. The van der Waals surface area contributed by atoms with Gasteiger partial charge in [0.15, 0.2) is 11.5 Å². The highest BCUT2D eigenvalue weighted by atomic mass is 16.7. The number of benzene rings is 2. The zero-order valence-corrected chi connectivity index (χ0v) is 18.0. The Kier molecular flexibility index (Phi) is 5.88. The fourth-order valence-electron chi connectivity index (χ4n) is 4.82. The van der Waals surface area contributed by atoms with Crippen molar-refractivity contribution in [2.45, 2.75) is 57.2 Å². The van der Waals surface area contributed by atoms with Crippen molar-refractivity contribution in [3.05, 3.63) is 59.2 Å². The van der Waals surface area contributed by atoms with Crippen molar-refractivity contribution in [1.29, 1.82) is 0 Å². The Hall–Kier alpha value is -3.22. The summed E-state index contributed by atoms with van der Waals surface area (Å²) in [7, 11) is 0. The Bertz CT molecular complexity index is 987. The highest BCUT2D eigenvalue weighted by Crippen LogP contribution is 2.41. The van der Waals surface area contributed by atoms with Gasteiger partial charge in [-0.2, -0.15) is 0 Å². The van der Waals surface area contributed by atoms with Crippen molar-refractivity contribution in [2.24, 2.45) is 0 Å². The molecule has 1 fully saturated rings. The summed E-state index contributed by atoms with van der Waals surface area (Å²) in [6.07, 6.45) is 5.54. The van der Waals surface area contributed by atoms with Gasteiger partial charge in [-0.1, -0.05) is 49.6 Å². The van der Waals surface area contributed by atoms with Gasteiger partial charge in [0, 0.05) is 12.6 Å². The number of carbonyl (C=O) groups is 2. The van der Waals surface area contributed by atoms with Gasteiger partial charge >= 0.3 is 6.09 Å². The van der Waals surface area contributed by atoms with E-state index in [0.29, 0.717) is 24.5 Å². The van der Waals surface area contributed by atoms with E-state index in [9.17, 15) is 9.59 Å². The molecular weight excluding hydrogens is 408 g/mol. The van der Waals surface area contributed by atoms with E-state index in [-0.39, 0.29) is 25.3 Å². The molecule has 2 heterocycles.